The van der Waals surface area contributed by atoms with Crippen LogP contribution in [-0.2, 0) is 16.1 Å². The van der Waals surface area contributed by atoms with E-state index in [1.807, 2.05) is 24.3 Å². The minimum absolute atomic E-state index is 0.0233. The van der Waals surface area contributed by atoms with Crippen molar-refractivity contribution in [1.82, 2.24) is 15.2 Å². The van der Waals surface area contributed by atoms with Gasteiger partial charge in [0.05, 0.1) is 6.54 Å². The number of aromatic nitrogens is 1. The van der Waals surface area contributed by atoms with Gasteiger partial charge in [0.15, 0.2) is 0 Å². The van der Waals surface area contributed by atoms with Crippen LogP contribution in [0, 0.1) is 0 Å². The lowest BCUT2D eigenvalue weighted by atomic mass is 9.98. The van der Waals surface area contributed by atoms with E-state index < -0.39 is 24.0 Å². The molecule has 0 saturated carbocycles. The number of benzene rings is 2. The van der Waals surface area contributed by atoms with E-state index in [1.165, 1.54) is 16.2 Å². The summed E-state index contributed by atoms with van der Waals surface area (Å²) in [4.78, 5) is 42.0. The van der Waals surface area contributed by atoms with Crippen molar-refractivity contribution < 1.29 is 24.2 Å². The molecule has 9 heteroatoms. The Hall–Kier alpha value is -3.72. The Morgan fingerprint density at radius 1 is 1.09 bits per heavy atom. The highest BCUT2D eigenvalue weighted by atomic mass is 32.1. The molecule has 2 aliphatic rings. The number of alkyl carbamates (subject to hydrolysis) is 1. The third-order valence-corrected chi connectivity index (χ3v) is 7.15. The van der Waals surface area contributed by atoms with E-state index >= 15 is 0 Å². The van der Waals surface area contributed by atoms with Crippen molar-refractivity contribution in [3.05, 3.63) is 75.7 Å². The number of thiazole rings is 1. The molecule has 0 spiro atoms. The largest absolute Gasteiger partial charge is 0.480 e. The van der Waals surface area contributed by atoms with Crippen LogP contribution >= 0.6 is 11.3 Å². The predicted molar refractivity (Wildman–Crippen MR) is 126 cm³/mol. The number of amides is 2. The summed E-state index contributed by atoms with van der Waals surface area (Å²) in [5, 5.41) is 14.1. The molecule has 1 aromatic heterocycles. The highest BCUT2D eigenvalue weighted by Gasteiger charge is 2.35. The number of fused-ring (bicyclic) bond motifs is 3. The minimum atomic E-state index is -1.00. The minimum Gasteiger partial charge on any atom is -0.480 e. The summed E-state index contributed by atoms with van der Waals surface area (Å²) in [5.74, 6) is -1.42. The van der Waals surface area contributed by atoms with Crippen LogP contribution in [0.2, 0.25) is 0 Å². The van der Waals surface area contributed by atoms with Gasteiger partial charge >= 0.3 is 12.1 Å². The van der Waals surface area contributed by atoms with Crippen LogP contribution < -0.4 is 5.32 Å². The monoisotopic (exact) mass is 477 g/mol. The predicted octanol–water partition coefficient (Wildman–Crippen LogP) is 3.87. The Balaban J connectivity index is 1.17. The maximum Gasteiger partial charge on any atom is 0.407 e. The fraction of sp³-hybridized carbons (Fsp3) is 0.280. The number of hydrogen-bond donors (Lipinski definition) is 2. The summed E-state index contributed by atoms with van der Waals surface area (Å²) in [6.45, 7) is 0.741. The SMILES string of the molecule is O=C(NCc1nc(C(=O)N2CCC[C@H]2C(=O)O)cs1)OCC1c2ccccc2-c2ccccc21. The molecule has 3 aromatic rings. The van der Waals surface area contributed by atoms with Gasteiger partial charge in [-0.3, -0.25) is 4.79 Å². The zero-order valence-electron chi connectivity index (χ0n) is 18.3. The van der Waals surface area contributed by atoms with E-state index in [1.54, 1.807) is 5.38 Å². The summed E-state index contributed by atoms with van der Waals surface area (Å²) in [5.41, 5.74) is 4.80. The molecule has 5 rings (SSSR count). The maximum atomic E-state index is 12.7. The number of carboxylic acids is 1. The van der Waals surface area contributed by atoms with Gasteiger partial charge in [-0.15, -0.1) is 11.3 Å². The first-order chi connectivity index (χ1) is 16.5. The molecular weight excluding hydrogens is 454 g/mol. The van der Waals surface area contributed by atoms with E-state index in [0.717, 1.165) is 22.3 Å². The number of carboxylic acid groups (broad SMARTS) is 1. The van der Waals surface area contributed by atoms with Crippen LogP contribution in [0.1, 0.15) is 45.4 Å². The second kappa shape index (κ2) is 9.26. The second-order valence-electron chi connectivity index (χ2n) is 8.30. The Bertz CT molecular complexity index is 1210. The summed E-state index contributed by atoms with van der Waals surface area (Å²) >= 11 is 1.24. The third-order valence-electron chi connectivity index (χ3n) is 6.30. The van der Waals surface area contributed by atoms with E-state index in [9.17, 15) is 19.5 Å². The molecule has 2 N–H and O–H groups in total. The molecule has 34 heavy (non-hydrogen) atoms. The average Bonchev–Trinajstić information content (AvgIpc) is 3.59. The van der Waals surface area contributed by atoms with Crippen LogP contribution in [0.3, 0.4) is 0 Å². The van der Waals surface area contributed by atoms with Gasteiger partial charge in [0, 0.05) is 17.8 Å². The van der Waals surface area contributed by atoms with E-state index in [-0.39, 0.29) is 24.8 Å². The van der Waals surface area contributed by atoms with Crippen LogP contribution in [0.25, 0.3) is 11.1 Å². The second-order valence-corrected chi connectivity index (χ2v) is 9.24. The number of hydrogen-bond acceptors (Lipinski definition) is 6. The first-order valence-corrected chi connectivity index (χ1v) is 12.0. The van der Waals surface area contributed by atoms with Crippen LogP contribution in [0.5, 0.6) is 0 Å². The zero-order chi connectivity index (χ0) is 23.7. The van der Waals surface area contributed by atoms with Crippen LogP contribution in [0.15, 0.2) is 53.9 Å². The number of carbonyl (C=O) groups excluding carboxylic acids is 2. The quantitative estimate of drug-likeness (QED) is 0.558. The number of aliphatic carboxylic acids is 1. The normalized spacial score (nSPS) is 16.7. The molecule has 2 aromatic carbocycles. The Labute approximate surface area is 200 Å². The molecule has 1 aliphatic carbocycles. The Morgan fingerprint density at radius 3 is 2.44 bits per heavy atom. The number of rotatable bonds is 6. The molecule has 0 radical (unpaired) electrons. The van der Waals surface area contributed by atoms with Gasteiger partial charge in [-0.05, 0) is 35.1 Å². The maximum absolute atomic E-state index is 12.7. The lowest BCUT2D eigenvalue weighted by Crippen LogP contribution is -2.40. The van der Waals surface area contributed by atoms with E-state index in [2.05, 4.69) is 34.6 Å². The smallest absolute Gasteiger partial charge is 0.407 e. The number of carbonyl (C=O) groups is 3. The van der Waals surface area contributed by atoms with Crippen LogP contribution in [-0.4, -0.2) is 52.2 Å². The van der Waals surface area contributed by atoms with Crippen molar-refractivity contribution >= 4 is 29.3 Å². The lowest BCUT2D eigenvalue weighted by Gasteiger charge is -2.20. The molecule has 174 valence electrons. The standard InChI is InChI=1S/C25H23N3O5S/c29-23(28-11-5-10-21(28)24(30)31)20-14-34-22(27-20)12-26-25(32)33-13-19-17-8-3-1-6-15(17)16-7-2-4-9-18(16)19/h1-4,6-9,14,19,21H,5,10-13H2,(H,26,32)(H,30,31)/t21-/m0/s1. The highest BCUT2D eigenvalue weighted by molar-refractivity contribution is 7.09. The first-order valence-electron chi connectivity index (χ1n) is 11.1. The molecule has 1 aliphatic heterocycles. The molecule has 0 bridgehead atoms. The molecular formula is C25H23N3O5S. The third kappa shape index (κ3) is 4.14. The lowest BCUT2D eigenvalue weighted by molar-refractivity contribution is -0.141. The molecule has 1 saturated heterocycles. The molecule has 1 fully saturated rings. The Morgan fingerprint density at radius 2 is 1.76 bits per heavy atom. The fourth-order valence-electron chi connectivity index (χ4n) is 4.70. The van der Waals surface area contributed by atoms with Gasteiger partial charge in [0.25, 0.3) is 5.91 Å². The first kappa shape index (κ1) is 22.1. The molecule has 2 amide bonds. The van der Waals surface area contributed by atoms with E-state index in [4.69, 9.17) is 4.74 Å². The zero-order valence-corrected chi connectivity index (χ0v) is 19.1. The summed E-state index contributed by atoms with van der Waals surface area (Å²) in [6, 6.07) is 15.5. The highest BCUT2D eigenvalue weighted by Crippen LogP contribution is 2.44. The number of nitrogens with zero attached hydrogens (tertiary/aromatic N) is 2. The van der Waals surface area contributed by atoms with Crippen molar-refractivity contribution in [2.75, 3.05) is 13.2 Å². The van der Waals surface area contributed by atoms with Crippen molar-refractivity contribution in [1.29, 1.82) is 0 Å². The molecule has 0 unspecified atom stereocenters. The average molecular weight is 478 g/mol. The number of likely N-dealkylation sites (tertiary alicyclic amines) is 1. The van der Waals surface area contributed by atoms with Gasteiger partial charge in [0.2, 0.25) is 0 Å². The summed E-state index contributed by atoms with van der Waals surface area (Å²) in [7, 11) is 0. The Kier molecular flexibility index (Phi) is 6.02. The van der Waals surface area contributed by atoms with Gasteiger partial charge in [-0.1, -0.05) is 48.5 Å². The van der Waals surface area contributed by atoms with Gasteiger partial charge in [-0.25, -0.2) is 14.6 Å². The van der Waals surface area contributed by atoms with Gasteiger partial charge in [0.1, 0.15) is 23.4 Å². The van der Waals surface area contributed by atoms with Crippen molar-refractivity contribution in [3.8, 4) is 11.1 Å². The number of ether oxygens (including phenoxy) is 1. The number of nitrogens with one attached hydrogen (secondary N) is 1. The van der Waals surface area contributed by atoms with Crippen molar-refractivity contribution in [2.45, 2.75) is 31.3 Å². The van der Waals surface area contributed by atoms with Crippen LogP contribution in [0.4, 0.5) is 4.79 Å². The molecule has 1 atom stereocenters. The fourth-order valence-corrected chi connectivity index (χ4v) is 5.41. The van der Waals surface area contributed by atoms with Gasteiger partial charge in [-0.2, -0.15) is 0 Å². The van der Waals surface area contributed by atoms with Gasteiger partial charge < -0.3 is 20.1 Å². The molecule has 8 nitrogen and oxygen atoms in total. The summed E-state index contributed by atoms with van der Waals surface area (Å²) < 4.78 is 5.52. The van der Waals surface area contributed by atoms with Crippen molar-refractivity contribution in [3.63, 3.8) is 0 Å². The topological polar surface area (TPSA) is 109 Å². The molecule has 2 heterocycles. The van der Waals surface area contributed by atoms with E-state index in [0.29, 0.717) is 24.4 Å². The summed E-state index contributed by atoms with van der Waals surface area (Å²) in [6.07, 6.45) is 0.542. The van der Waals surface area contributed by atoms with Crippen molar-refractivity contribution in [2.24, 2.45) is 0 Å².